The minimum Gasteiger partial charge on any atom is -0.395 e. The Morgan fingerprint density at radius 3 is 2.42 bits per heavy atom. The highest BCUT2D eigenvalue weighted by atomic mass is 16.3. The summed E-state index contributed by atoms with van der Waals surface area (Å²) in [6.07, 6.45) is 6.42. The van der Waals surface area contributed by atoms with Gasteiger partial charge in [-0.15, -0.1) is 0 Å². The molecule has 1 aromatic carbocycles. The van der Waals surface area contributed by atoms with Gasteiger partial charge < -0.3 is 25.1 Å². The molecule has 0 atom stereocenters. The van der Waals surface area contributed by atoms with E-state index in [1.165, 1.54) is 37.1 Å². The van der Waals surface area contributed by atoms with E-state index in [2.05, 4.69) is 76.7 Å². The van der Waals surface area contributed by atoms with E-state index in [1.807, 2.05) is 15.6 Å². The Morgan fingerprint density at radius 2 is 1.75 bits per heavy atom. The summed E-state index contributed by atoms with van der Waals surface area (Å²) >= 11 is 0. The second kappa shape index (κ2) is 10.9. The monoisotopic (exact) mass is 490 g/mol. The molecule has 0 aliphatic carbocycles. The molecule has 0 unspecified atom stereocenters. The summed E-state index contributed by atoms with van der Waals surface area (Å²) in [7, 11) is 0. The van der Waals surface area contributed by atoms with Crippen molar-refractivity contribution >= 4 is 17.2 Å². The van der Waals surface area contributed by atoms with E-state index < -0.39 is 0 Å². The Morgan fingerprint density at radius 1 is 1.03 bits per heavy atom. The van der Waals surface area contributed by atoms with E-state index in [-0.39, 0.29) is 19.2 Å². The van der Waals surface area contributed by atoms with Gasteiger partial charge in [-0.05, 0) is 69.0 Å². The number of piperazine rings is 1. The SMILES string of the molecule is CC(C)N1CCC(c2ccc(-c3cc4c(N5CCN(C(=O)NCCO)CC5)ccnn4c3)cc2)CC1. The van der Waals surface area contributed by atoms with Gasteiger partial charge in [-0.3, -0.25) is 0 Å². The lowest BCUT2D eigenvalue weighted by molar-refractivity contribution is 0.172. The fourth-order valence-corrected chi connectivity index (χ4v) is 5.55. The molecule has 8 heteroatoms. The Balaban J connectivity index is 1.27. The van der Waals surface area contributed by atoms with E-state index in [0.717, 1.165) is 29.9 Å². The number of rotatable bonds is 6. The lowest BCUT2D eigenvalue weighted by Gasteiger charge is -2.36. The highest BCUT2D eigenvalue weighted by Crippen LogP contribution is 2.32. The molecule has 3 aromatic rings. The molecule has 4 heterocycles. The largest absolute Gasteiger partial charge is 0.395 e. The smallest absolute Gasteiger partial charge is 0.317 e. The number of benzene rings is 1. The number of aliphatic hydroxyl groups excluding tert-OH is 1. The van der Waals surface area contributed by atoms with Crippen LogP contribution < -0.4 is 10.2 Å². The van der Waals surface area contributed by atoms with E-state index in [0.29, 0.717) is 25.0 Å². The minimum absolute atomic E-state index is 0.0441. The number of aliphatic hydroxyl groups is 1. The maximum atomic E-state index is 12.2. The Kier molecular flexibility index (Phi) is 7.43. The predicted molar refractivity (Wildman–Crippen MR) is 144 cm³/mol. The van der Waals surface area contributed by atoms with E-state index >= 15 is 0 Å². The molecule has 5 rings (SSSR count). The van der Waals surface area contributed by atoms with E-state index in [9.17, 15) is 4.79 Å². The number of aromatic nitrogens is 2. The fraction of sp³-hybridized carbons (Fsp3) is 0.500. The molecular weight excluding hydrogens is 452 g/mol. The second-order valence-electron chi connectivity index (χ2n) is 10.2. The van der Waals surface area contributed by atoms with Crippen molar-refractivity contribution < 1.29 is 9.90 Å². The molecule has 2 saturated heterocycles. The highest BCUT2D eigenvalue weighted by molar-refractivity contribution is 5.80. The van der Waals surface area contributed by atoms with Crippen molar-refractivity contribution in [2.75, 3.05) is 57.3 Å². The van der Waals surface area contributed by atoms with Crippen molar-refractivity contribution in [3.8, 4) is 11.1 Å². The van der Waals surface area contributed by atoms with Gasteiger partial charge in [0, 0.05) is 56.7 Å². The number of likely N-dealkylation sites (tertiary alicyclic amines) is 1. The molecule has 36 heavy (non-hydrogen) atoms. The van der Waals surface area contributed by atoms with E-state index in [1.54, 1.807) is 0 Å². The molecule has 2 aliphatic heterocycles. The molecule has 2 N–H and O–H groups in total. The first kappa shape index (κ1) is 24.6. The van der Waals surface area contributed by atoms with E-state index in [4.69, 9.17) is 5.11 Å². The topological polar surface area (TPSA) is 76.3 Å². The van der Waals surface area contributed by atoms with Gasteiger partial charge in [0.05, 0.1) is 17.8 Å². The van der Waals surface area contributed by atoms with Gasteiger partial charge in [-0.25, -0.2) is 9.31 Å². The van der Waals surface area contributed by atoms with Crippen molar-refractivity contribution in [3.05, 3.63) is 54.4 Å². The zero-order valence-electron chi connectivity index (χ0n) is 21.4. The number of amides is 2. The first-order valence-corrected chi connectivity index (χ1v) is 13.2. The molecule has 0 spiro atoms. The molecule has 2 aliphatic rings. The third-order valence-electron chi connectivity index (χ3n) is 7.76. The number of hydrogen-bond acceptors (Lipinski definition) is 5. The molecule has 0 bridgehead atoms. The Bertz CT molecular complexity index is 1160. The number of hydrogen-bond donors (Lipinski definition) is 2. The summed E-state index contributed by atoms with van der Waals surface area (Å²) in [4.78, 5) is 18.9. The van der Waals surface area contributed by atoms with Gasteiger partial charge in [-0.1, -0.05) is 24.3 Å². The van der Waals surface area contributed by atoms with Gasteiger partial charge in [0.1, 0.15) is 0 Å². The van der Waals surface area contributed by atoms with Gasteiger partial charge in [0.15, 0.2) is 0 Å². The fourth-order valence-electron chi connectivity index (χ4n) is 5.55. The van der Waals surface area contributed by atoms with Crippen molar-refractivity contribution in [1.82, 2.24) is 24.7 Å². The predicted octanol–water partition coefficient (Wildman–Crippen LogP) is 3.41. The van der Waals surface area contributed by atoms with Gasteiger partial charge >= 0.3 is 6.03 Å². The molecule has 2 fully saturated rings. The standard InChI is InChI=1S/C28H38N6O2/c1-21(2)31-12-8-24(9-13-31)22-3-5-23(6-4-22)25-19-27-26(7-10-30-34(27)20-25)32-14-16-33(17-15-32)28(36)29-11-18-35/h3-7,10,19-21,24,35H,8-9,11-18H2,1-2H3,(H,29,36). The zero-order valence-corrected chi connectivity index (χ0v) is 21.4. The first-order chi connectivity index (χ1) is 17.5. The van der Waals surface area contributed by atoms with Crippen LogP contribution in [-0.2, 0) is 0 Å². The Hall–Kier alpha value is -3.10. The molecule has 8 nitrogen and oxygen atoms in total. The average Bonchev–Trinajstić information content (AvgIpc) is 3.36. The van der Waals surface area contributed by atoms with Crippen LogP contribution in [0, 0.1) is 0 Å². The molecule has 192 valence electrons. The molecular formula is C28H38N6O2. The summed E-state index contributed by atoms with van der Waals surface area (Å²) in [6.45, 7) is 10.0. The summed E-state index contributed by atoms with van der Waals surface area (Å²) < 4.78 is 1.96. The van der Waals surface area contributed by atoms with Gasteiger partial charge in [-0.2, -0.15) is 5.10 Å². The van der Waals surface area contributed by atoms with Crippen LogP contribution in [-0.4, -0.2) is 89.0 Å². The van der Waals surface area contributed by atoms with Crippen LogP contribution in [0.3, 0.4) is 0 Å². The average molecular weight is 491 g/mol. The third-order valence-corrected chi connectivity index (χ3v) is 7.76. The maximum Gasteiger partial charge on any atom is 0.317 e. The Labute approximate surface area is 213 Å². The lowest BCUT2D eigenvalue weighted by Crippen LogP contribution is -2.52. The number of anilines is 1. The number of nitrogens with one attached hydrogen (secondary N) is 1. The number of fused-ring (bicyclic) bond motifs is 1. The van der Waals surface area contributed by atoms with Crippen LogP contribution in [0.1, 0.15) is 38.2 Å². The quantitative estimate of drug-likeness (QED) is 0.554. The first-order valence-electron chi connectivity index (χ1n) is 13.2. The minimum atomic E-state index is -0.109. The maximum absolute atomic E-state index is 12.2. The number of nitrogens with zero attached hydrogens (tertiary/aromatic N) is 5. The summed E-state index contributed by atoms with van der Waals surface area (Å²) in [6, 6.07) is 13.9. The highest BCUT2D eigenvalue weighted by Gasteiger charge is 2.24. The van der Waals surface area contributed by atoms with Gasteiger partial charge in [0.25, 0.3) is 0 Å². The molecule has 0 saturated carbocycles. The van der Waals surface area contributed by atoms with Crippen LogP contribution in [0.5, 0.6) is 0 Å². The van der Waals surface area contributed by atoms with Crippen LogP contribution in [0.4, 0.5) is 10.5 Å². The van der Waals surface area contributed by atoms with Gasteiger partial charge in [0.2, 0.25) is 0 Å². The molecule has 0 radical (unpaired) electrons. The number of carbonyl (C=O) groups is 1. The lowest BCUT2D eigenvalue weighted by atomic mass is 9.88. The number of piperidine rings is 1. The van der Waals surface area contributed by atoms with Crippen molar-refractivity contribution in [3.63, 3.8) is 0 Å². The number of carbonyl (C=O) groups excluding carboxylic acids is 1. The van der Waals surface area contributed by atoms with Crippen molar-refractivity contribution in [1.29, 1.82) is 0 Å². The third kappa shape index (κ3) is 5.20. The summed E-state index contributed by atoms with van der Waals surface area (Å²) in [5.74, 6) is 0.653. The van der Waals surface area contributed by atoms with Crippen LogP contribution in [0.25, 0.3) is 16.6 Å². The van der Waals surface area contributed by atoms with Crippen LogP contribution >= 0.6 is 0 Å². The zero-order chi connectivity index (χ0) is 25.1. The molecule has 2 aromatic heterocycles. The summed E-state index contributed by atoms with van der Waals surface area (Å²) in [5, 5.41) is 16.2. The second-order valence-corrected chi connectivity index (χ2v) is 10.2. The number of urea groups is 1. The molecule has 2 amide bonds. The normalized spacial score (nSPS) is 17.8. The van der Waals surface area contributed by atoms with Crippen molar-refractivity contribution in [2.24, 2.45) is 0 Å². The van der Waals surface area contributed by atoms with Crippen LogP contribution in [0.2, 0.25) is 0 Å². The van der Waals surface area contributed by atoms with Crippen molar-refractivity contribution in [2.45, 2.75) is 38.6 Å². The summed E-state index contributed by atoms with van der Waals surface area (Å²) in [5.41, 5.74) is 6.04. The van der Waals surface area contributed by atoms with Crippen LogP contribution in [0.15, 0.2) is 48.8 Å².